The number of primary amides is 1. The fourth-order valence-corrected chi connectivity index (χ4v) is 4.25. The number of nitrogens with two attached hydrogens (primary N) is 1. The zero-order valence-electron chi connectivity index (χ0n) is 17.7. The summed E-state index contributed by atoms with van der Waals surface area (Å²) in [4.78, 5) is 27.6. The van der Waals surface area contributed by atoms with Crippen LogP contribution in [0.15, 0.2) is 24.8 Å². The summed E-state index contributed by atoms with van der Waals surface area (Å²) in [6, 6.07) is 2.16. The van der Waals surface area contributed by atoms with Gasteiger partial charge in [-0.05, 0) is 26.7 Å². The molecular weight excluding hydrogens is 396 g/mol. The molecular formula is C21H26N8O2. The molecule has 1 fully saturated rings. The van der Waals surface area contributed by atoms with Gasteiger partial charge in [-0.1, -0.05) is 0 Å². The molecule has 10 nitrogen and oxygen atoms in total. The van der Waals surface area contributed by atoms with Crippen molar-refractivity contribution in [1.29, 1.82) is 0 Å². The topological polar surface area (TPSA) is 117 Å². The maximum atomic E-state index is 11.4. The summed E-state index contributed by atoms with van der Waals surface area (Å²) in [5, 5.41) is 4.33. The van der Waals surface area contributed by atoms with Crippen LogP contribution in [0.1, 0.15) is 32.7 Å². The Kier molecular flexibility index (Phi) is 4.84. The Morgan fingerprint density at radius 3 is 2.74 bits per heavy atom. The van der Waals surface area contributed by atoms with Gasteiger partial charge in [0, 0.05) is 43.5 Å². The number of aromatic nitrogens is 6. The molecule has 0 bridgehead atoms. The average Bonchev–Trinajstić information content (AvgIpc) is 3.38. The number of pyridine rings is 1. The molecule has 2 aliphatic rings. The highest BCUT2D eigenvalue weighted by molar-refractivity contribution is 5.77. The predicted octanol–water partition coefficient (Wildman–Crippen LogP) is 1.88. The second kappa shape index (κ2) is 7.68. The standard InChI is InChI=1S/C21H26N8O2/c1-13(2)29-21(24-12-25-29)16-11-28-7-8-31-17-9-18(23-10-15(17)20(28)26-16)27-5-3-14(4-6-27)19(22)30/h9-14H,3-8H2,1-2H3,(H2,22,30). The Balaban J connectivity index is 1.45. The lowest BCUT2D eigenvalue weighted by atomic mass is 9.96. The minimum Gasteiger partial charge on any atom is -0.491 e. The highest BCUT2D eigenvalue weighted by atomic mass is 16.5. The van der Waals surface area contributed by atoms with Gasteiger partial charge in [-0.2, -0.15) is 5.10 Å². The number of nitrogens with zero attached hydrogens (tertiary/aromatic N) is 7. The largest absolute Gasteiger partial charge is 0.491 e. The van der Waals surface area contributed by atoms with Crippen LogP contribution in [0.3, 0.4) is 0 Å². The van der Waals surface area contributed by atoms with Crippen molar-refractivity contribution < 1.29 is 9.53 Å². The maximum Gasteiger partial charge on any atom is 0.220 e. The van der Waals surface area contributed by atoms with E-state index in [4.69, 9.17) is 15.5 Å². The van der Waals surface area contributed by atoms with Gasteiger partial charge in [-0.3, -0.25) is 4.79 Å². The van der Waals surface area contributed by atoms with Gasteiger partial charge in [0.05, 0.1) is 12.1 Å². The zero-order chi connectivity index (χ0) is 21.5. The van der Waals surface area contributed by atoms with E-state index in [-0.39, 0.29) is 17.9 Å². The first kappa shape index (κ1) is 19.5. The molecule has 0 aliphatic carbocycles. The van der Waals surface area contributed by atoms with Crippen molar-refractivity contribution in [1.82, 2.24) is 29.3 Å². The first-order chi connectivity index (χ1) is 15.0. The van der Waals surface area contributed by atoms with E-state index < -0.39 is 0 Å². The third kappa shape index (κ3) is 3.51. The first-order valence-electron chi connectivity index (χ1n) is 10.7. The molecule has 0 atom stereocenters. The van der Waals surface area contributed by atoms with Crippen LogP contribution in [0, 0.1) is 5.92 Å². The molecule has 5 rings (SSSR count). The Labute approximate surface area is 180 Å². The van der Waals surface area contributed by atoms with E-state index in [0.29, 0.717) is 13.2 Å². The summed E-state index contributed by atoms with van der Waals surface area (Å²) in [7, 11) is 0. The van der Waals surface area contributed by atoms with E-state index >= 15 is 0 Å². The zero-order valence-corrected chi connectivity index (χ0v) is 17.7. The number of carbonyl (C=O) groups is 1. The van der Waals surface area contributed by atoms with E-state index in [2.05, 4.69) is 38.4 Å². The summed E-state index contributed by atoms with van der Waals surface area (Å²) >= 11 is 0. The van der Waals surface area contributed by atoms with E-state index in [1.165, 1.54) is 0 Å². The average molecular weight is 422 g/mol. The van der Waals surface area contributed by atoms with Crippen molar-refractivity contribution >= 4 is 11.7 Å². The third-order valence-corrected chi connectivity index (χ3v) is 5.97. The monoisotopic (exact) mass is 422 g/mol. The highest BCUT2D eigenvalue weighted by Gasteiger charge is 2.26. The highest BCUT2D eigenvalue weighted by Crippen LogP contribution is 2.36. The molecule has 162 valence electrons. The quantitative estimate of drug-likeness (QED) is 0.682. The number of fused-ring (bicyclic) bond motifs is 3. The lowest BCUT2D eigenvalue weighted by Crippen LogP contribution is -2.38. The molecule has 31 heavy (non-hydrogen) atoms. The van der Waals surface area contributed by atoms with Gasteiger partial charge < -0.3 is 19.9 Å². The fraction of sp³-hybridized carbons (Fsp3) is 0.476. The first-order valence-corrected chi connectivity index (χ1v) is 10.7. The van der Waals surface area contributed by atoms with E-state index in [0.717, 1.165) is 60.4 Å². The summed E-state index contributed by atoms with van der Waals surface area (Å²) in [6.45, 7) is 6.87. The van der Waals surface area contributed by atoms with Crippen LogP contribution >= 0.6 is 0 Å². The van der Waals surface area contributed by atoms with Crippen molar-refractivity contribution in [2.24, 2.45) is 11.7 Å². The van der Waals surface area contributed by atoms with Gasteiger partial charge in [0.2, 0.25) is 5.91 Å². The van der Waals surface area contributed by atoms with E-state index in [1.54, 1.807) is 6.33 Å². The van der Waals surface area contributed by atoms with Crippen LogP contribution in [-0.4, -0.2) is 54.9 Å². The number of amides is 1. The van der Waals surface area contributed by atoms with Crippen LogP contribution in [0.5, 0.6) is 5.75 Å². The predicted molar refractivity (Wildman–Crippen MR) is 114 cm³/mol. The van der Waals surface area contributed by atoms with Gasteiger partial charge in [-0.25, -0.2) is 19.6 Å². The molecule has 10 heteroatoms. The molecule has 1 saturated heterocycles. The van der Waals surface area contributed by atoms with Gasteiger partial charge in [0.1, 0.15) is 36.0 Å². The molecule has 0 spiro atoms. The lowest BCUT2D eigenvalue weighted by Gasteiger charge is -2.31. The van der Waals surface area contributed by atoms with E-state index in [1.807, 2.05) is 23.1 Å². The molecule has 2 aliphatic heterocycles. The van der Waals surface area contributed by atoms with Crippen LogP contribution in [-0.2, 0) is 11.3 Å². The lowest BCUT2D eigenvalue weighted by molar-refractivity contribution is -0.122. The minimum absolute atomic E-state index is 0.0490. The summed E-state index contributed by atoms with van der Waals surface area (Å²) < 4.78 is 9.99. The summed E-state index contributed by atoms with van der Waals surface area (Å²) in [6.07, 6.45) is 6.88. The van der Waals surface area contributed by atoms with Crippen molar-refractivity contribution in [3.63, 3.8) is 0 Å². The van der Waals surface area contributed by atoms with Crippen LogP contribution in [0.2, 0.25) is 0 Å². The molecule has 0 unspecified atom stereocenters. The molecule has 1 amide bonds. The van der Waals surface area contributed by atoms with Crippen LogP contribution in [0.4, 0.5) is 5.82 Å². The van der Waals surface area contributed by atoms with Gasteiger partial charge >= 0.3 is 0 Å². The Morgan fingerprint density at radius 2 is 2.00 bits per heavy atom. The maximum absolute atomic E-state index is 11.4. The van der Waals surface area contributed by atoms with Crippen molar-refractivity contribution in [3.8, 4) is 28.7 Å². The van der Waals surface area contributed by atoms with Crippen molar-refractivity contribution in [2.45, 2.75) is 39.3 Å². The smallest absolute Gasteiger partial charge is 0.220 e. The van der Waals surface area contributed by atoms with E-state index in [9.17, 15) is 4.79 Å². The normalized spacial score (nSPS) is 16.5. The molecule has 3 aromatic heterocycles. The Morgan fingerprint density at radius 1 is 1.19 bits per heavy atom. The van der Waals surface area contributed by atoms with Gasteiger partial charge in [-0.15, -0.1) is 0 Å². The number of anilines is 1. The fourth-order valence-electron chi connectivity index (χ4n) is 4.25. The van der Waals surface area contributed by atoms with Gasteiger partial charge in [0.25, 0.3) is 0 Å². The van der Waals surface area contributed by atoms with Crippen molar-refractivity contribution in [3.05, 3.63) is 24.8 Å². The van der Waals surface area contributed by atoms with Crippen LogP contribution < -0.4 is 15.4 Å². The summed E-state index contributed by atoms with van der Waals surface area (Å²) in [5.74, 6) is 2.91. The molecule has 0 radical (unpaired) electrons. The third-order valence-electron chi connectivity index (χ3n) is 5.97. The molecule has 0 saturated carbocycles. The molecule has 0 aromatic carbocycles. The number of imidazole rings is 1. The number of hydrogen-bond acceptors (Lipinski definition) is 7. The molecule has 5 heterocycles. The Bertz CT molecular complexity index is 1110. The molecule has 3 aromatic rings. The number of hydrogen-bond donors (Lipinski definition) is 1. The van der Waals surface area contributed by atoms with Crippen LogP contribution in [0.25, 0.3) is 22.9 Å². The number of ether oxygens (including phenoxy) is 1. The summed E-state index contributed by atoms with van der Waals surface area (Å²) in [5.41, 5.74) is 7.10. The number of rotatable bonds is 4. The second-order valence-corrected chi connectivity index (χ2v) is 8.32. The number of piperidine rings is 1. The SMILES string of the molecule is CC(C)n1ncnc1-c1cn2c(n1)-c1cnc(N3CCC(C(N)=O)CC3)cc1OCC2. The minimum atomic E-state index is -0.214. The Hall–Kier alpha value is -3.43. The van der Waals surface area contributed by atoms with Gasteiger partial charge in [0.15, 0.2) is 5.82 Å². The van der Waals surface area contributed by atoms with Crippen molar-refractivity contribution in [2.75, 3.05) is 24.6 Å². The number of carbonyl (C=O) groups excluding carboxylic acids is 1. The second-order valence-electron chi connectivity index (χ2n) is 8.32. The molecule has 2 N–H and O–H groups in total.